The first-order valence-corrected chi connectivity index (χ1v) is 14.0. The van der Waals surface area contributed by atoms with E-state index in [2.05, 4.69) is 41.6 Å². The molecule has 0 bridgehead atoms. The van der Waals surface area contributed by atoms with Gasteiger partial charge in [0.1, 0.15) is 5.75 Å². The molecule has 0 aliphatic heterocycles. The predicted molar refractivity (Wildman–Crippen MR) is 144 cm³/mol. The van der Waals surface area contributed by atoms with Crippen LogP contribution in [0.15, 0.2) is 60.2 Å². The summed E-state index contributed by atoms with van der Waals surface area (Å²) in [5.41, 5.74) is 3.29. The number of allylic oxidation sites excluding steroid dienone is 2. The van der Waals surface area contributed by atoms with Gasteiger partial charge in [0.15, 0.2) is 11.6 Å². The van der Waals surface area contributed by atoms with E-state index >= 15 is 0 Å². The Balaban J connectivity index is 1.17. The molecule has 3 saturated carbocycles. The van der Waals surface area contributed by atoms with Crippen molar-refractivity contribution in [3.63, 3.8) is 0 Å². The molecule has 0 radical (unpaired) electrons. The molecule has 5 nitrogen and oxygen atoms in total. The molecular formula is C32H38N2O3. The van der Waals surface area contributed by atoms with Crippen LogP contribution in [0.3, 0.4) is 0 Å². The highest BCUT2D eigenvalue weighted by Crippen LogP contribution is 2.65. The van der Waals surface area contributed by atoms with Crippen LogP contribution >= 0.6 is 0 Å². The number of ketones is 2. The van der Waals surface area contributed by atoms with E-state index in [1.165, 1.54) is 5.57 Å². The number of hydrogen-bond acceptors (Lipinski definition) is 4. The van der Waals surface area contributed by atoms with Crippen molar-refractivity contribution >= 4 is 17.6 Å². The molecule has 5 heteroatoms. The first-order chi connectivity index (χ1) is 17.9. The third-order valence-electron chi connectivity index (χ3n) is 10.2. The van der Waals surface area contributed by atoms with Gasteiger partial charge in [0.2, 0.25) is 0 Å². The number of fused-ring (bicyclic) bond motifs is 5. The van der Waals surface area contributed by atoms with E-state index in [9.17, 15) is 9.59 Å². The van der Waals surface area contributed by atoms with Crippen molar-refractivity contribution in [3.8, 4) is 5.75 Å². The highest BCUT2D eigenvalue weighted by Gasteiger charge is 2.60. The molecule has 37 heavy (non-hydrogen) atoms. The Morgan fingerprint density at radius 3 is 2.84 bits per heavy atom. The minimum absolute atomic E-state index is 0.136. The van der Waals surface area contributed by atoms with Gasteiger partial charge in [-0.05, 0) is 104 Å². The van der Waals surface area contributed by atoms with Crippen LogP contribution in [0.2, 0.25) is 0 Å². The van der Waals surface area contributed by atoms with Gasteiger partial charge in [-0.15, -0.1) is 0 Å². The van der Waals surface area contributed by atoms with E-state index in [1.54, 1.807) is 6.20 Å². The van der Waals surface area contributed by atoms with Gasteiger partial charge in [0.05, 0.1) is 12.9 Å². The van der Waals surface area contributed by atoms with Gasteiger partial charge in [-0.25, -0.2) is 4.98 Å². The van der Waals surface area contributed by atoms with Crippen LogP contribution in [-0.2, 0) is 16.1 Å². The molecule has 1 aromatic carbocycles. The topological polar surface area (TPSA) is 61.2 Å². The predicted octanol–water partition coefficient (Wildman–Crippen LogP) is 6.45. The minimum atomic E-state index is -0.253. The van der Waals surface area contributed by atoms with Gasteiger partial charge in [-0.2, -0.15) is 0 Å². The summed E-state index contributed by atoms with van der Waals surface area (Å²) in [5, 5.41) is 0. The Morgan fingerprint density at radius 1 is 1.11 bits per heavy atom. The second kappa shape index (κ2) is 9.41. The summed E-state index contributed by atoms with van der Waals surface area (Å²) in [7, 11) is 0. The monoisotopic (exact) mass is 498 g/mol. The molecule has 2 aromatic rings. The summed E-state index contributed by atoms with van der Waals surface area (Å²) in [5.74, 6) is 3.06. The minimum Gasteiger partial charge on any atom is -0.494 e. The number of nitrogens with zero attached hydrogens (tertiary/aromatic N) is 2. The lowest BCUT2D eigenvalue weighted by Gasteiger charge is -2.56. The van der Waals surface area contributed by atoms with Crippen LogP contribution in [0.4, 0.5) is 0 Å². The molecule has 3 fully saturated rings. The van der Waals surface area contributed by atoms with Crippen molar-refractivity contribution in [1.82, 2.24) is 9.55 Å². The zero-order valence-electron chi connectivity index (χ0n) is 22.1. The molecule has 6 rings (SSSR count). The second-order valence-corrected chi connectivity index (χ2v) is 12.2. The SMILES string of the molecule is CC12CCC3C(CCC4=CC(=O)CC[C@@]43C)C1C/C(=C\c1cccc(OCCCn3ccnc3)c1)C2=O. The van der Waals surface area contributed by atoms with E-state index in [0.29, 0.717) is 42.3 Å². The van der Waals surface area contributed by atoms with Gasteiger partial charge >= 0.3 is 0 Å². The fourth-order valence-electron chi connectivity index (χ4n) is 8.11. The summed E-state index contributed by atoms with van der Waals surface area (Å²) < 4.78 is 8.07. The standard InChI is InChI=1S/C32H38N2O3/c1-31-11-9-25(35)20-24(31)7-8-27-28(31)10-12-32(2)29(27)19-23(30(32)36)17-22-5-3-6-26(18-22)37-16-4-14-34-15-13-33-21-34/h3,5-6,13,15,17-18,20-21,27-29H,4,7-12,14,16,19H2,1-2H3/b23-17+/t27?,28?,29?,31-,32?/m0/s1. The molecule has 0 N–H and O–H groups in total. The summed E-state index contributed by atoms with van der Waals surface area (Å²) in [6.45, 7) is 6.16. The van der Waals surface area contributed by atoms with Crippen LogP contribution in [0.1, 0.15) is 70.8 Å². The number of carbonyl (C=O) groups is 2. The summed E-state index contributed by atoms with van der Waals surface area (Å²) in [6.07, 6.45) is 17.3. The van der Waals surface area contributed by atoms with Crippen LogP contribution in [-0.4, -0.2) is 27.7 Å². The molecule has 194 valence electrons. The first-order valence-electron chi connectivity index (χ1n) is 14.0. The van der Waals surface area contributed by atoms with E-state index in [4.69, 9.17) is 4.74 Å². The average molecular weight is 499 g/mol. The molecule has 4 aliphatic rings. The number of aryl methyl sites for hydroxylation is 1. The largest absolute Gasteiger partial charge is 0.494 e. The summed E-state index contributed by atoms with van der Waals surface area (Å²) >= 11 is 0. The van der Waals surface area contributed by atoms with Crippen molar-refractivity contribution < 1.29 is 14.3 Å². The molecule has 1 heterocycles. The van der Waals surface area contributed by atoms with Crippen molar-refractivity contribution in [1.29, 1.82) is 0 Å². The second-order valence-electron chi connectivity index (χ2n) is 12.2. The fourth-order valence-corrected chi connectivity index (χ4v) is 8.11. The van der Waals surface area contributed by atoms with Crippen LogP contribution < -0.4 is 4.74 Å². The van der Waals surface area contributed by atoms with Gasteiger partial charge in [-0.3, -0.25) is 9.59 Å². The number of imidazole rings is 1. The lowest BCUT2D eigenvalue weighted by molar-refractivity contribution is -0.130. The van der Waals surface area contributed by atoms with Gasteiger partial charge < -0.3 is 9.30 Å². The Labute approximate surface area is 220 Å². The molecule has 4 unspecified atom stereocenters. The molecule has 4 aliphatic carbocycles. The lowest BCUT2D eigenvalue weighted by Crippen LogP contribution is -2.50. The normalized spacial score (nSPS) is 34.1. The molecule has 0 saturated heterocycles. The molecule has 0 spiro atoms. The maximum Gasteiger partial charge on any atom is 0.165 e. The van der Waals surface area contributed by atoms with Crippen LogP contribution in [0.5, 0.6) is 5.75 Å². The van der Waals surface area contributed by atoms with E-state index < -0.39 is 0 Å². The van der Waals surface area contributed by atoms with Crippen molar-refractivity contribution in [2.45, 2.75) is 71.8 Å². The lowest BCUT2D eigenvalue weighted by atomic mass is 9.47. The van der Waals surface area contributed by atoms with Crippen molar-refractivity contribution in [2.75, 3.05) is 6.61 Å². The summed E-state index contributed by atoms with van der Waals surface area (Å²) in [6, 6.07) is 8.14. The quantitative estimate of drug-likeness (QED) is 0.339. The molecular weight excluding hydrogens is 460 g/mol. The third-order valence-corrected chi connectivity index (χ3v) is 10.2. The Kier molecular flexibility index (Phi) is 6.21. The maximum absolute atomic E-state index is 13.8. The molecule has 1 aromatic heterocycles. The third kappa shape index (κ3) is 4.30. The number of ether oxygens (including phenoxy) is 1. The van der Waals surface area contributed by atoms with Crippen molar-refractivity contribution in [3.05, 3.63) is 65.8 Å². The fraction of sp³-hybridized carbons (Fsp3) is 0.531. The zero-order chi connectivity index (χ0) is 25.6. The average Bonchev–Trinajstić information content (AvgIpc) is 3.49. The van der Waals surface area contributed by atoms with Crippen molar-refractivity contribution in [2.24, 2.45) is 28.6 Å². The highest BCUT2D eigenvalue weighted by molar-refractivity contribution is 6.06. The van der Waals surface area contributed by atoms with E-state index in [-0.39, 0.29) is 10.8 Å². The van der Waals surface area contributed by atoms with Crippen LogP contribution in [0, 0.1) is 28.6 Å². The number of Topliss-reactive ketones (excluding diaryl/α,β-unsaturated/α-hetero) is 1. The zero-order valence-corrected chi connectivity index (χ0v) is 22.1. The summed E-state index contributed by atoms with van der Waals surface area (Å²) in [4.78, 5) is 30.0. The number of benzene rings is 1. The number of aromatic nitrogens is 2. The number of rotatable bonds is 6. The molecule has 0 amide bonds. The smallest absolute Gasteiger partial charge is 0.165 e. The van der Waals surface area contributed by atoms with Crippen LogP contribution in [0.25, 0.3) is 6.08 Å². The van der Waals surface area contributed by atoms with E-state index in [1.807, 2.05) is 30.7 Å². The maximum atomic E-state index is 13.8. The molecule has 5 atom stereocenters. The van der Waals surface area contributed by atoms with E-state index in [0.717, 1.165) is 68.4 Å². The number of hydrogen-bond donors (Lipinski definition) is 0. The number of carbonyl (C=O) groups excluding carboxylic acids is 2. The first kappa shape index (κ1) is 24.4. The highest BCUT2D eigenvalue weighted by atomic mass is 16.5. The van der Waals surface area contributed by atoms with Gasteiger partial charge in [0.25, 0.3) is 0 Å². The Bertz CT molecular complexity index is 1260. The Morgan fingerprint density at radius 2 is 2.00 bits per heavy atom. The van der Waals surface area contributed by atoms with Gasteiger partial charge in [-0.1, -0.05) is 31.6 Å². The Hall–Kier alpha value is -2.95. The van der Waals surface area contributed by atoms with Gasteiger partial charge in [0, 0.05) is 30.8 Å².